The molecule has 1 heterocycles. The van der Waals surface area contributed by atoms with E-state index in [1.807, 2.05) is 0 Å². The molecule has 10 heteroatoms. The Bertz CT molecular complexity index is 1140. The Labute approximate surface area is 166 Å². The molecule has 0 radical (unpaired) electrons. The summed E-state index contributed by atoms with van der Waals surface area (Å²) in [5, 5.41) is 9.86. The van der Waals surface area contributed by atoms with Crippen LogP contribution in [0.2, 0.25) is 5.02 Å². The second-order valence-electron chi connectivity index (χ2n) is 5.71. The molecule has 3 aromatic rings. The lowest BCUT2D eigenvalue weighted by atomic mass is 10.1. The fourth-order valence-electron chi connectivity index (χ4n) is 2.58. The van der Waals surface area contributed by atoms with Gasteiger partial charge in [0.15, 0.2) is 5.69 Å². The molecule has 0 fully saturated rings. The number of esters is 1. The number of ether oxygens (including phenoxy) is 2. The van der Waals surface area contributed by atoms with Gasteiger partial charge < -0.3 is 9.47 Å². The lowest BCUT2D eigenvalue weighted by Crippen LogP contribution is -2.12. The van der Waals surface area contributed by atoms with Gasteiger partial charge in [-0.1, -0.05) is 17.7 Å². The highest BCUT2D eigenvalue weighted by Crippen LogP contribution is 2.32. The summed E-state index contributed by atoms with van der Waals surface area (Å²) in [4.78, 5) is 11.9. The van der Waals surface area contributed by atoms with Crippen molar-refractivity contribution in [3.05, 3.63) is 59.2 Å². The van der Waals surface area contributed by atoms with Crippen LogP contribution < -0.4 is 9.88 Å². The quantitative estimate of drug-likeness (QED) is 0.633. The van der Waals surface area contributed by atoms with E-state index in [1.165, 1.54) is 43.2 Å². The third-order valence-corrected chi connectivity index (χ3v) is 5.20. The monoisotopic (exact) mass is 421 g/mol. The molecule has 3 rings (SSSR count). The van der Waals surface area contributed by atoms with E-state index in [9.17, 15) is 13.2 Å². The summed E-state index contributed by atoms with van der Waals surface area (Å²) in [5.41, 5.74) is 1.84. The molecule has 0 saturated carbocycles. The van der Waals surface area contributed by atoms with Crippen LogP contribution in [0.5, 0.6) is 5.75 Å². The normalized spacial score (nSPS) is 11.3. The average molecular weight is 422 g/mol. The van der Waals surface area contributed by atoms with Gasteiger partial charge in [0.2, 0.25) is 10.0 Å². The Morgan fingerprint density at radius 3 is 2.36 bits per heavy atom. The Hall–Kier alpha value is -2.88. The number of rotatable bonds is 5. The zero-order valence-electron chi connectivity index (χ0n) is 14.9. The van der Waals surface area contributed by atoms with Crippen LogP contribution in [0.1, 0.15) is 10.5 Å². The molecule has 28 heavy (non-hydrogen) atoms. The number of nitrogens with zero attached hydrogens (tertiary/aromatic N) is 2. The molecular formula is C18H16ClN3O5S. The average Bonchev–Trinajstić information content (AvgIpc) is 3.12. The van der Waals surface area contributed by atoms with Crippen molar-refractivity contribution in [1.29, 1.82) is 0 Å². The van der Waals surface area contributed by atoms with Gasteiger partial charge in [0.05, 0.1) is 35.5 Å². The van der Waals surface area contributed by atoms with E-state index in [-0.39, 0.29) is 10.6 Å². The molecule has 146 valence electrons. The van der Waals surface area contributed by atoms with Gasteiger partial charge in [0, 0.05) is 5.56 Å². The van der Waals surface area contributed by atoms with Crippen LogP contribution >= 0.6 is 11.6 Å². The standard InChI is InChI=1S/C18H16ClN3O5S/c1-26-17-9-11(3-8-14(17)19)16-10-15(18(23)27-2)21-22(16)12-4-6-13(7-5-12)28(20,24)25/h3-10H,1-2H3,(H2,20,24,25). The van der Waals surface area contributed by atoms with Gasteiger partial charge in [-0.15, -0.1) is 0 Å². The first-order valence-electron chi connectivity index (χ1n) is 7.90. The maximum atomic E-state index is 12.0. The van der Waals surface area contributed by atoms with Gasteiger partial charge in [-0.05, 0) is 42.5 Å². The van der Waals surface area contributed by atoms with E-state index < -0.39 is 16.0 Å². The van der Waals surface area contributed by atoms with Gasteiger partial charge >= 0.3 is 5.97 Å². The van der Waals surface area contributed by atoms with Gasteiger partial charge in [0.25, 0.3) is 0 Å². The van der Waals surface area contributed by atoms with Crippen molar-refractivity contribution in [2.75, 3.05) is 14.2 Å². The summed E-state index contributed by atoms with van der Waals surface area (Å²) >= 11 is 6.09. The van der Waals surface area contributed by atoms with Crippen LogP contribution in [0.3, 0.4) is 0 Å². The summed E-state index contributed by atoms with van der Waals surface area (Å²) in [5.74, 6) is -0.154. The maximum Gasteiger partial charge on any atom is 0.358 e. The Morgan fingerprint density at radius 1 is 1.11 bits per heavy atom. The molecule has 0 amide bonds. The number of methoxy groups -OCH3 is 2. The predicted molar refractivity (Wildman–Crippen MR) is 103 cm³/mol. The van der Waals surface area contributed by atoms with E-state index in [2.05, 4.69) is 5.10 Å². The highest BCUT2D eigenvalue weighted by molar-refractivity contribution is 7.89. The van der Waals surface area contributed by atoms with Crippen LogP contribution in [0.15, 0.2) is 53.4 Å². The predicted octanol–water partition coefficient (Wildman–Crippen LogP) is 2.64. The SMILES string of the molecule is COC(=O)c1cc(-c2ccc(Cl)c(OC)c2)n(-c2ccc(S(N)(=O)=O)cc2)n1. The minimum Gasteiger partial charge on any atom is -0.495 e. The molecule has 0 atom stereocenters. The third kappa shape index (κ3) is 3.86. The molecule has 0 unspecified atom stereocenters. The molecule has 1 aromatic heterocycles. The Balaban J connectivity index is 2.17. The van der Waals surface area contributed by atoms with Crippen molar-refractivity contribution in [1.82, 2.24) is 9.78 Å². The van der Waals surface area contributed by atoms with Crippen molar-refractivity contribution in [2.45, 2.75) is 4.90 Å². The molecule has 0 aliphatic rings. The summed E-state index contributed by atoms with van der Waals surface area (Å²) in [6.45, 7) is 0. The second kappa shape index (κ2) is 7.63. The summed E-state index contributed by atoms with van der Waals surface area (Å²) in [7, 11) is -1.07. The first-order valence-corrected chi connectivity index (χ1v) is 9.82. The number of carbonyl (C=O) groups is 1. The Morgan fingerprint density at radius 2 is 1.79 bits per heavy atom. The van der Waals surface area contributed by atoms with Gasteiger partial charge in [0.1, 0.15) is 5.75 Å². The van der Waals surface area contributed by atoms with Crippen molar-refractivity contribution < 1.29 is 22.7 Å². The summed E-state index contributed by atoms with van der Waals surface area (Å²) in [6, 6.07) is 12.5. The highest BCUT2D eigenvalue weighted by atomic mass is 35.5. The van der Waals surface area contributed by atoms with E-state index >= 15 is 0 Å². The number of carbonyl (C=O) groups excluding carboxylic acids is 1. The fourth-order valence-corrected chi connectivity index (χ4v) is 3.29. The van der Waals surface area contributed by atoms with Gasteiger partial charge in [-0.3, -0.25) is 0 Å². The third-order valence-electron chi connectivity index (χ3n) is 3.96. The van der Waals surface area contributed by atoms with E-state index in [0.29, 0.717) is 27.7 Å². The van der Waals surface area contributed by atoms with E-state index in [4.69, 9.17) is 26.2 Å². The fraction of sp³-hybridized carbons (Fsp3) is 0.111. The van der Waals surface area contributed by atoms with Crippen molar-refractivity contribution >= 4 is 27.6 Å². The summed E-state index contributed by atoms with van der Waals surface area (Å²) < 4.78 is 34.4. The number of sulfonamides is 1. The minimum atomic E-state index is -3.82. The van der Waals surface area contributed by atoms with Crippen molar-refractivity contribution in [3.8, 4) is 22.7 Å². The molecule has 0 bridgehead atoms. The molecule has 0 aliphatic carbocycles. The lowest BCUT2D eigenvalue weighted by Gasteiger charge is -2.10. The van der Waals surface area contributed by atoms with E-state index in [0.717, 1.165) is 0 Å². The maximum absolute atomic E-state index is 12.0. The van der Waals surface area contributed by atoms with Crippen LogP contribution in [0.25, 0.3) is 16.9 Å². The van der Waals surface area contributed by atoms with Crippen molar-refractivity contribution in [3.63, 3.8) is 0 Å². The second-order valence-corrected chi connectivity index (χ2v) is 7.68. The number of aromatic nitrogens is 2. The Kier molecular flexibility index (Phi) is 5.41. The zero-order valence-corrected chi connectivity index (χ0v) is 16.5. The number of hydrogen-bond acceptors (Lipinski definition) is 6. The molecule has 2 aromatic carbocycles. The number of nitrogens with two attached hydrogens (primary N) is 1. The summed E-state index contributed by atoms with van der Waals surface area (Å²) in [6.07, 6.45) is 0. The van der Waals surface area contributed by atoms with Gasteiger partial charge in [-0.25, -0.2) is 23.0 Å². The first kappa shape index (κ1) is 19.9. The van der Waals surface area contributed by atoms with Crippen molar-refractivity contribution in [2.24, 2.45) is 5.14 Å². The number of hydrogen-bond donors (Lipinski definition) is 1. The molecule has 0 spiro atoms. The lowest BCUT2D eigenvalue weighted by molar-refractivity contribution is 0.0593. The zero-order chi connectivity index (χ0) is 20.5. The molecule has 2 N–H and O–H groups in total. The molecule has 0 saturated heterocycles. The highest BCUT2D eigenvalue weighted by Gasteiger charge is 2.18. The first-order chi connectivity index (χ1) is 13.2. The number of halogens is 1. The van der Waals surface area contributed by atoms with Crippen LogP contribution in [-0.2, 0) is 14.8 Å². The molecule has 8 nitrogen and oxygen atoms in total. The minimum absolute atomic E-state index is 0.0358. The van der Waals surface area contributed by atoms with Crippen LogP contribution in [0, 0.1) is 0 Å². The molecule has 0 aliphatic heterocycles. The number of benzene rings is 2. The largest absolute Gasteiger partial charge is 0.495 e. The van der Waals surface area contributed by atoms with E-state index in [1.54, 1.807) is 24.3 Å². The topological polar surface area (TPSA) is 114 Å². The smallest absolute Gasteiger partial charge is 0.358 e. The van der Waals surface area contributed by atoms with Crippen LogP contribution in [0.4, 0.5) is 0 Å². The molecular weight excluding hydrogens is 406 g/mol. The van der Waals surface area contributed by atoms with Gasteiger partial charge in [-0.2, -0.15) is 5.10 Å². The van der Waals surface area contributed by atoms with Crippen LogP contribution in [-0.4, -0.2) is 38.4 Å². The number of primary sulfonamides is 1.